The monoisotopic (exact) mass is 333 g/mol. The van der Waals surface area contributed by atoms with Crippen LogP contribution in [0.15, 0.2) is 48.5 Å². The van der Waals surface area contributed by atoms with E-state index in [4.69, 9.17) is 23.2 Å². The quantitative estimate of drug-likeness (QED) is 0.569. The molecule has 0 aliphatic carbocycles. The van der Waals surface area contributed by atoms with Crippen molar-refractivity contribution in [2.75, 3.05) is 14.1 Å². The molecule has 0 saturated carbocycles. The molecule has 0 radical (unpaired) electrons. The average Bonchev–Trinajstić information content (AvgIpc) is 2.45. The van der Waals surface area contributed by atoms with E-state index in [0.717, 1.165) is 17.7 Å². The van der Waals surface area contributed by atoms with E-state index in [1.807, 2.05) is 38.4 Å². The molecule has 0 amide bonds. The minimum absolute atomic E-state index is 0.0494. The SMILES string of the molecule is CN(C)Cc1cccc(C(=O)C=Cc2ccc(Cl)cc2Cl)c1. The zero-order chi connectivity index (χ0) is 16.1. The van der Waals surface area contributed by atoms with Gasteiger partial charge < -0.3 is 4.90 Å². The summed E-state index contributed by atoms with van der Waals surface area (Å²) in [5, 5.41) is 1.10. The standard InChI is InChI=1S/C18H17Cl2NO/c1-21(2)12-13-4-3-5-15(10-13)18(22)9-7-14-6-8-16(19)11-17(14)20/h3-11H,12H2,1-2H3. The lowest BCUT2D eigenvalue weighted by Crippen LogP contribution is -2.11. The lowest BCUT2D eigenvalue weighted by molar-refractivity contribution is 0.104. The number of allylic oxidation sites excluding steroid dienone is 1. The van der Waals surface area contributed by atoms with Gasteiger partial charge in [0.1, 0.15) is 0 Å². The van der Waals surface area contributed by atoms with Crippen LogP contribution in [0.5, 0.6) is 0 Å². The highest BCUT2D eigenvalue weighted by molar-refractivity contribution is 6.35. The normalized spacial score (nSPS) is 11.3. The molecule has 0 aliphatic heterocycles. The highest BCUT2D eigenvalue weighted by atomic mass is 35.5. The van der Waals surface area contributed by atoms with Crippen LogP contribution in [-0.4, -0.2) is 24.8 Å². The van der Waals surface area contributed by atoms with Crippen LogP contribution < -0.4 is 0 Å². The van der Waals surface area contributed by atoms with E-state index in [2.05, 4.69) is 4.90 Å². The van der Waals surface area contributed by atoms with Gasteiger partial charge in [0, 0.05) is 22.2 Å². The van der Waals surface area contributed by atoms with Crippen molar-refractivity contribution in [3.05, 3.63) is 75.3 Å². The molecule has 4 heteroatoms. The minimum Gasteiger partial charge on any atom is -0.305 e. The first kappa shape index (κ1) is 16.8. The second kappa shape index (κ2) is 7.59. The molecule has 2 aromatic rings. The summed E-state index contributed by atoms with van der Waals surface area (Å²) in [6.07, 6.45) is 3.24. The Labute approximate surface area is 141 Å². The van der Waals surface area contributed by atoms with Gasteiger partial charge in [-0.2, -0.15) is 0 Å². The van der Waals surface area contributed by atoms with Gasteiger partial charge in [-0.25, -0.2) is 0 Å². The van der Waals surface area contributed by atoms with Crippen LogP contribution in [0.2, 0.25) is 10.0 Å². The van der Waals surface area contributed by atoms with Gasteiger partial charge in [0.05, 0.1) is 0 Å². The van der Waals surface area contributed by atoms with E-state index in [1.54, 1.807) is 24.3 Å². The number of hydrogen-bond donors (Lipinski definition) is 0. The first-order valence-electron chi connectivity index (χ1n) is 6.87. The largest absolute Gasteiger partial charge is 0.305 e. The Bertz CT molecular complexity index is 708. The molecule has 0 aromatic heterocycles. The van der Waals surface area contributed by atoms with E-state index in [-0.39, 0.29) is 5.78 Å². The molecule has 0 spiro atoms. The summed E-state index contributed by atoms with van der Waals surface area (Å²) < 4.78 is 0. The lowest BCUT2D eigenvalue weighted by atomic mass is 10.1. The van der Waals surface area contributed by atoms with Crippen molar-refractivity contribution in [1.82, 2.24) is 4.90 Å². The zero-order valence-electron chi connectivity index (χ0n) is 12.5. The third-order valence-corrected chi connectivity index (χ3v) is 3.65. The first-order valence-corrected chi connectivity index (χ1v) is 7.62. The lowest BCUT2D eigenvalue weighted by Gasteiger charge is -2.10. The molecular weight excluding hydrogens is 317 g/mol. The number of benzene rings is 2. The van der Waals surface area contributed by atoms with Crippen LogP contribution >= 0.6 is 23.2 Å². The van der Waals surface area contributed by atoms with Gasteiger partial charge in [-0.3, -0.25) is 4.79 Å². The third-order valence-electron chi connectivity index (χ3n) is 3.09. The van der Waals surface area contributed by atoms with Crippen molar-refractivity contribution >= 4 is 35.1 Å². The van der Waals surface area contributed by atoms with Gasteiger partial charge in [-0.15, -0.1) is 0 Å². The Kier molecular flexibility index (Phi) is 5.78. The first-order chi connectivity index (χ1) is 10.5. The summed E-state index contributed by atoms with van der Waals surface area (Å²) in [7, 11) is 3.99. The molecule has 22 heavy (non-hydrogen) atoms. The molecule has 0 N–H and O–H groups in total. The predicted molar refractivity (Wildman–Crippen MR) is 93.7 cm³/mol. The number of rotatable bonds is 5. The maximum absolute atomic E-state index is 12.3. The zero-order valence-corrected chi connectivity index (χ0v) is 14.0. The van der Waals surface area contributed by atoms with Crippen LogP contribution in [0.4, 0.5) is 0 Å². The molecule has 0 saturated heterocycles. The summed E-state index contributed by atoms with van der Waals surface area (Å²) in [4.78, 5) is 14.3. The van der Waals surface area contributed by atoms with Crippen LogP contribution in [0.1, 0.15) is 21.5 Å². The predicted octanol–water partition coefficient (Wildman–Crippen LogP) is 4.95. The highest BCUT2D eigenvalue weighted by Crippen LogP contribution is 2.22. The molecule has 2 aromatic carbocycles. The number of nitrogens with zero attached hydrogens (tertiary/aromatic N) is 1. The third kappa shape index (κ3) is 4.70. The average molecular weight is 334 g/mol. The Morgan fingerprint density at radius 3 is 2.59 bits per heavy atom. The number of ketones is 1. The summed E-state index contributed by atoms with van der Waals surface area (Å²) >= 11 is 11.9. The molecule has 2 nitrogen and oxygen atoms in total. The molecule has 0 unspecified atom stereocenters. The van der Waals surface area contributed by atoms with Gasteiger partial charge in [-0.05, 0) is 55.6 Å². The molecule has 0 atom stereocenters. The number of hydrogen-bond acceptors (Lipinski definition) is 2. The fourth-order valence-corrected chi connectivity index (χ4v) is 2.56. The van der Waals surface area contributed by atoms with Gasteiger partial charge >= 0.3 is 0 Å². The van der Waals surface area contributed by atoms with Gasteiger partial charge in [0.2, 0.25) is 0 Å². The smallest absolute Gasteiger partial charge is 0.185 e. The van der Waals surface area contributed by atoms with Crippen LogP contribution in [0.3, 0.4) is 0 Å². The number of carbonyl (C=O) groups excluding carboxylic acids is 1. The molecule has 0 fully saturated rings. The molecule has 0 aliphatic rings. The Hall–Kier alpha value is -1.61. The maximum atomic E-state index is 12.3. The minimum atomic E-state index is -0.0494. The molecular formula is C18H17Cl2NO. The second-order valence-corrected chi connectivity index (χ2v) is 6.15. The van der Waals surface area contributed by atoms with Crippen LogP contribution in [0, 0.1) is 0 Å². The Morgan fingerprint density at radius 2 is 1.91 bits per heavy atom. The number of halogens is 2. The van der Waals surface area contributed by atoms with E-state index in [0.29, 0.717) is 15.6 Å². The van der Waals surface area contributed by atoms with Crippen molar-refractivity contribution < 1.29 is 4.79 Å². The van der Waals surface area contributed by atoms with Gasteiger partial charge in [0.25, 0.3) is 0 Å². The van der Waals surface area contributed by atoms with E-state index in [1.165, 1.54) is 6.08 Å². The van der Waals surface area contributed by atoms with Gasteiger partial charge in [0.15, 0.2) is 5.78 Å². The Balaban J connectivity index is 2.16. The van der Waals surface area contributed by atoms with Crippen molar-refractivity contribution in [3.8, 4) is 0 Å². The number of carbonyl (C=O) groups is 1. The van der Waals surface area contributed by atoms with E-state index >= 15 is 0 Å². The topological polar surface area (TPSA) is 20.3 Å². The van der Waals surface area contributed by atoms with Crippen molar-refractivity contribution in [2.24, 2.45) is 0 Å². The van der Waals surface area contributed by atoms with Crippen molar-refractivity contribution in [3.63, 3.8) is 0 Å². The fraction of sp³-hybridized carbons (Fsp3) is 0.167. The second-order valence-electron chi connectivity index (χ2n) is 5.30. The van der Waals surface area contributed by atoms with Gasteiger partial charge in [-0.1, -0.05) is 47.5 Å². The molecule has 0 bridgehead atoms. The van der Waals surface area contributed by atoms with Crippen LogP contribution in [0.25, 0.3) is 6.08 Å². The molecule has 114 valence electrons. The van der Waals surface area contributed by atoms with Crippen molar-refractivity contribution in [2.45, 2.75) is 6.54 Å². The maximum Gasteiger partial charge on any atom is 0.185 e. The van der Waals surface area contributed by atoms with Crippen molar-refractivity contribution in [1.29, 1.82) is 0 Å². The molecule has 0 heterocycles. The highest BCUT2D eigenvalue weighted by Gasteiger charge is 2.04. The summed E-state index contributed by atoms with van der Waals surface area (Å²) in [5.41, 5.74) is 2.54. The summed E-state index contributed by atoms with van der Waals surface area (Å²) in [5.74, 6) is -0.0494. The Morgan fingerprint density at radius 1 is 1.14 bits per heavy atom. The summed E-state index contributed by atoms with van der Waals surface area (Å²) in [6.45, 7) is 0.799. The summed E-state index contributed by atoms with van der Waals surface area (Å²) in [6, 6.07) is 12.8. The molecule has 2 rings (SSSR count). The van der Waals surface area contributed by atoms with E-state index in [9.17, 15) is 4.79 Å². The fourth-order valence-electron chi connectivity index (χ4n) is 2.09. The van der Waals surface area contributed by atoms with E-state index < -0.39 is 0 Å². The van der Waals surface area contributed by atoms with Crippen LogP contribution in [-0.2, 0) is 6.54 Å².